The Labute approximate surface area is 226 Å². The Kier molecular flexibility index (Phi) is 6.58. The van der Waals surface area contributed by atoms with E-state index < -0.39 is 11.9 Å². The molecule has 0 spiro atoms. The second-order valence-electron chi connectivity index (χ2n) is 10.7. The molecule has 1 saturated carbocycles. The van der Waals surface area contributed by atoms with Gasteiger partial charge in [0.2, 0.25) is 11.8 Å². The number of hydrogen-bond donors (Lipinski definition) is 1. The first-order chi connectivity index (χ1) is 18.4. The number of hydrogen-bond acceptors (Lipinski definition) is 6. The molecule has 0 aromatic heterocycles. The highest BCUT2D eigenvalue weighted by Crippen LogP contribution is 2.38. The molecule has 3 amide bonds. The monoisotopic (exact) mass is 532 g/mol. The second-order valence-corrected chi connectivity index (χ2v) is 11.1. The first-order valence-corrected chi connectivity index (χ1v) is 13.7. The Hall–Kier alpha value is -3.41. The van der Waals surface area contributed by atoms with Crippen molar-refractivity contribution < 1.29 is 19.1 Å². The molecule has 6 rings (SSSR count). The first-order valence-electron chi connectivity index (χ1n) is 13.3. The predicted molar refractivity (Wildman–Crippen MR) is 140 cm³/mol. The third-order valence-electron chi connectivity index (χ3n) is 8.40. The summed E-state index contributed by atoms with van der Waals surface area (Å²) >= 11 is 6.46. The SMILES string of the molecule is N#Cc1ccc(C2CN([C@@H]3CCCC[C@@H]3Oc3ccc4c(c3)CN([C@@H]3CCC(=O)NC3=O)C4=O)C2)c(Cl)c1. The molecule has 2 aromatic carbocycles. The zero-order chi connectivity index (χ0) is 26.4. The average molecular weight is 533 g/mol. The molecule has 196 valence electrons. The van der Waals surface area contributed by atoms with Crippen molar-refractivity contribution in [1.29, 1.82) is 5.26 Å². The highest BCUT2D eigenvalue weighted by atomic mass is 35.5. The summed E-state index contributed by atoms with van der Waals surface area (Å²) in [6, 6.07) is 13.0. The highest BCUT2D eigenvalue weighted by Gasteiger charge is 2.41. The van der Waals surface area contributed by atoms with Gasteiger partial charge in [0.25, 0.3) is 5.91 Å². The minimum Gasteiger partial charge on any atom is -0.489 e. The van der Waals surface area contributed by atoms with Crippen LogP contribution in [0.2, 0.25) is 5.02 Å². The number of halogens is 1. The molecule has 2 saturated heterocycles. The molecular formula is C29H29ClN4O4. The fourth-order valence-corrected chi connectivity index (χ4v) is 6.67. The Morgan fingerprint density at radius 1 is 1.03 bits per heavy atom. The lowest BCUT2D eigenvalue weighted by Crippen LogP contribution is -2.57. The summed E-state index contributed by atoms with van der Waals surface area (Å²) in [5.74, 6) is 0.221. The van der Waals surface area contributed by atoms with Gasteiger partial charge >= 0.3 is 0 Å². The van der Waals surface area contributed by atoms with Gasteiger partial charge in [0.1, 0.15) is 17.9 Å². The molecule has 8 nitrogen and oxygen atoms in total. The van der Waals surface area contributed by atoms with Crippen molar-refractivity contribution in [2.24, 2.45) is 0 Å². The number of carbonyl (C=O) groups is 3. The molecule has 38 heavy (non-hydrogen) atoms. The van der Waals surface area contributed by atoms with Gasteiger partial charge in [-0.1, -0.05) is 24.1 Å². The number of likely N-dealkylation sites (tertiary alicyclic amines) is 1. The Bertz CT molecular complexity index is 1350. The van der Waals surface area contributed by atoms with Gasteiger partial charge in [0.15, 0.2) is 0 Å². The van der Waals surface area contributed by atoms with E-state index in [1.165, 1.54) is 6.42 Å². The third-order valence-corrected chi connectivity index (χ3v) is 8.73. The maximum Gasteiger partial charge on any atom is 0.255 e. The van der Waals surface area contributed by atoms with Crippen LogP contribution in [0.5, 0.6) is 5.75 Å². The summed E-state index contributed by atoms with van der Waals surface area (Å²) < 4.78 is 6.54. The quantitative estimate of drug-likeness (QED) is 0.588. The van der Waals surface area contributed by atoms with E-state index >= 15 is 0 Å². The molecule has 0 radical (unpaired) electrons. The van der Waals surface area contributed by atoms with E-state index in [1.807, 2.05) is 24.3 Å². The van der Waals surface area contributed by atoms with E-state index in [0.717, 1.165) is 49.2 Å². The van der Waals surface area contributed by atoms with Gasteiger partial charge in [-0.15, -0.1) is 0 Å². The van der Waals surface area contributed by atoms with Gasteiger partial charge in [-0.3, -0.25) is 24.6 Å². The number of nitrogens with one attached hydrogen (secondary N) is 1. The Balaban J connectivity index is 1.11. The molecule has 0 unspecified atom stereocenters. The molecule has 3 heterocycles. The topological polar surface area (TPSA) is 103 Å². The number of ether oxygens (including phenoxy) is 1. The van der Waals surface area contributed by atoms with Crippen LogP contribution in [0.1, 0.15) is 71.5 Å². The number of nitriles is 1. The molecule has 3 fully saturated rings. The fraction of sp³-hybridized carbons (Fsp3) is 0.448. The van der Waals surface area contributed by atoms with Gasteiger partial charge in [-0.05, 0) is 67.1 Å². The predicted octanol–water partition coefficient (Wildman–Crippen LogP) is 3.76. The van der Waals surface area contributed by atoms with E-state index in [9.17, 15) is 14.4 Å². The van der Waals surface area contributed by atoms with Crippen LogP contribution in [-0.4, -0.2) is 58.8 Å². The molecule has 9 heteroatoms. The lowest BCUT2D eigenvalue weighted by molar-refractivity contribution is -0.136. The summed E-state index contributed by atoms with van der Waals surface area (Å²) in [4.78, 5) is 40.9. The smallest absolute Gasteiger partial charge is 0.255 e. The maximum absolute atomic E-state index is 13.0. The number of carbonyl (C=O) groups excluding carboxylic acids is 3. The van der Waals surface area contributed by atoms with Crippen LogP contribution in [0, 0.1) is 11.3 Å². The van der Waals surface area contributed by atoms with Crippen LogP contribution in [0.25, 0.3) is 0 Å². The number of benzene rings is 2. The maximum atomic E-state index is 13.0. The van der Waals surface area contributed by atoms with E-state index in [1.54, 1.807) is 17.0 Å². The Morgan fingerprint density at radius 3 is 2.61 bits per heavy atom. The van der Waals surface area contributed by atoms with Gasteiger partial charge in [0, 0.05) is 48.6 Å². The van der Waals surface area contributed by atoms with E-state index in [0.29, 0.717) is 41.1 Å². The zero-order valence-corrected chi connectivity index (χ0v) is 21.7. The minimum absolute atomic E-state index is 0.0579. The third kappa shape index (κ3) is 4.55. The van der Waals surface area contributed by atoms with Gasteiger partial charge in [-0.2, -0.15) is 5.26 Å². The minimum atomic E-state index is -0.622. The summed E-state index contributed by atoms with van der Waals surface area (Å²) in [6.07, 6.45) is 4.98. The molecule has 1 N–H and O–H groups in total. The van der Waals surface area contributed by atoms with E-state index in [-0.39, 0.29) is 24.3 Å². The van der Waals surface area contributed by atoms with Crippen molar-refractivity contribution >= 4 is 29.3 Å². The fourth-order valence-electron chi connectivity index (χ4n) is 6.34. The highest BCUT2D eigenvalue weighted by molar-refractivity contribution is 6.31. The van der Waals surface area contributed by atoms with Crippen molar-refractivity contribution in [1.82, 2.24) is 15.1 Å². The molecule has 1 aliphatic carbocycles. The number of piperidine rings is 1. The van der Waals surface area contributed by atoms with Crippen molar-refractivity contribution in [2.45, 2.75) is 69.2 Å². The summed E-state index contributed by atoms with van der Waals surface area (Å²) in [7, 11) is 0. The summed E-state index contributed by atoms with van der Waals surface area (Å²) in [6.45, 7) is 2.16. The summed E-state index contributed by atoms with van der Waals surface area (Å²) in [5.41, 5.74) is 3.11. The molecule has 4 aliphatic rings. The normalized spacial score (nSPS) is 25.9. The molecule has 0 bridgehead atoms. The van der Waals surface area contributed by atoms with E-state index in [4.69, 9.17) is 21.6 Å². The average Bonchev–Trinajstić information content (AvgIpc) is 3.20. The second kappa shape index (κ2) is 10.0. The van der Waals surface area contributed by atoms with Crippen molar-refractivity contribution in [3.05, 3.63) is 63.7 Å². The lowest BCUT2D eigenvalue weighted by atomic mass is 9.84. The van der Waals surface area contributed by atoms with Crippen LogP contribution >= 0.6 is 11.6 Å². The van der Waals surface area contributed by atoms with Gasteiger partial charge in [0.05, 0.1) is 11.6 Å². The lowest BCUT2D eigenvalue weighted by Gasteiger charge is -2.48. The van der Waals surface area contributed by atoms with Crippen LogP contribution in [0.4, 0.5) is 0 Å². The van der Waals surface area contributed by atoms with E-state index in [2.05, 4.69) is 16.3 Å². The molecule has 2 aromatic rings. The van der Waals surface area contributed by atoms with Gasteiger partial charge in [-0.25, -0.2) is 0 Å². The molecular weight excluding hydrogens is 504 g/mol. The van der Waals surface area contributed by atoms with Crippen LogP contribution in [0.15, 0.2) is 36.4 Å². The largest absolute Gasteiger partial charge is 0.489 e. The molecule has 3 aliphatic heterocycles. The Morgan fingerprint density at radius 2 is 1.84 bits per heavy atom. The number of rotatable bonds is 5. The van der Waals surface area contributed by atoms with Crippen molar-refractivity contribution in [3.8, 4) is 11.8 Å². The molecule has 3 atom stereocenters. The van der Waals surface area contributed by atoms with Crippen LogP contribution < -0.4 is 10.1 Å². The van der Waals surface area contributed by atoms with Crippen molar-refractivity contribution in [3.63, 3.8) is 0 Å². The number of imide groups is 1. The summed E-state index contributed by atoms with van der Waals surface area (Å²) in [5, 5.41) is 12.1. The van der Waals surface area contributed by atoms with Crippen LogP contribution in [-0.2, 0) is 16.1 Å². The number of fused-ring (bicyclic) bond motifs is 1. The van der Waals surface area contributed by atoms with Crippen molar-refractivity contribution in [2.75, 3.05) is 13.1 Å². The van der Waals surface area contributed by atoms with Crippen LogP contribution in [0.3, 0.4) is 0 Å². The zero-order valence-electron chi connectivity index (χ0n) is 21.0. The van der Waals surface area contributed by atoms with Gasteiger partial charge < -0.3 is 9.64 Å². The number of amides is 3. The number of nitrogens with zero attached hydrogens (tertiary/aromatic N) is 3. The first kappa shape index (κ1) is 24.9. The standard InChI is InChI=1S/C29H29ClN4O4/c30-23-11-17(13-31)5-7-21(23)19-14-33(15-19)24-3-1-2-4-26(24)38-20-6-8-22-18(12-20)16-34(29(22)37)25-9-10-27(35)32-28(25)36/h5-8,11-12,19,24-26H,1-4,9-10,14-16H2,(H,32,35,36)/t24-,25-,26+/m1/s1.